The second kappa shape index (κ2) is 14.8. The monoisotopic (exact) mass is 851 g/mol. The van der Waals surface area contributed by atoms with E-state index < -0.39 is 0 Å². The molecule has 0 bridgehead atoms. The first-order valence-corrected chi connectivity index (χ1v) is 16.9. The van der Waals surface area contributed by atoms with Gasteiger partial charge < -0.3 is 14.4 Å². The van der Waals surface area contributed by atoms with E-state index in [4.69, 9.17) is 4.42 Å². The third-order valence-corrected chi connectivity index (χ3v) is 9.14. The van der Waals surface area contributed by atoms with Gasteiger partial charge in [0.15, 0.2) is 0 Å². The molecule has 0 amide bonds. The van der Waals surface area contributed by atoms with Crippen LogP contribution in [0.25, 0.3) is 77.7 Å². The molecule has 6 heteroatoms. The minimum absolute atomic E-state index is 0. The second-order valence-corrected chi connectivity index (χ2v) is 12.8. The van der Waals surface area contributed by atoms with Gasteiger partial charge >= 0.3 is 0 Å². The molecule has 5 heterocycles. The van der Waals surface area contributed by atoms with Crippen LogP contribution in [0.15, 0.2) is 138 Å². The molecule has 0 fully saturated rings. The van der Waals surface area contributed by atoms with Crippen molar-refractivity contribution < 1.29 is 24.5 Å². The molecular formula is C46H34IrN4O-2. The largest absolute Gasteiger partial charge is 0.486 e. The van der Waals surface area contributed by atoms with E-state index in [1.807, 2.05) is 81.0 Å². The smallest absolute Gasteiger partial charge is 0.216 e. The van der Waals surface area contributed by atoms with Crippen LogP contribution < -0.4 is 0 Å². The van der Waals surface area contributed by atoms with E-state index >= 15 is 0 Å². The standard InChI is InChI=1S/C27H18N3O.C19H16N.Ir/c1-16-13-24-19(5-4-11-28-24)14-23(16)18-10-12-29-25(15-18)22-7-3-6-20-21-9-8-17(2)30-27(21)31-26(20)22;1-14-8-11-19(20-13-14)17-10-9-15(2)18(12-17)16-6-4-3-5-7-16;/h3-6,8-15H,1-2H3;3-9,11-13H,1-2H3;/q2*-1;. The van der Waals surface area contributed by atoms with Gasteiger partial charge in [-0.25, -0.2) is 4.98 Å². The molecule has 0 spiro atoms. The van der Waals surface area contributed by atoms with Gasteiger partial charge in [0.2, 0.25) is 5.71 Å². The molecule has 5 nitrogen and oxygen atoms in total. The van der Waals surface area contributed by atoms with E-state index in [2.05, 4.69) is 113 Å². The van der Waals surface area contributed by atoms with Crippen molar-refractivity contribution in [3.05, 3.63) is 168 Å². The van der Waals surface area contributed by atoms with Crippen molar-refractivity contribution in [3.63, 3.8) is 0 Å². The van der Waals surface area contributed by atoms with E-state index in [9.17, 15) is 0 Å². The van der Waals surface area contributed by atoms with Gasteiger partial charge in [0.05, 0.1) is 11.1 Å². The van der Waals surface area contributed by atoms with Gasteiger partial charge in [-0.15, -0.1) is 47.5 Å². The summed E-state index contributed by atoms with van der Waals surface area (Å²) in [5, 5.41) is 3.15. The first kappa shape index (κ1) is 34.6. The molecule has 255 valence electrons. The van der Waals surface area contributed by atoms with Crippen molar-refractivity contribution in [3.8, 4) is 44.8 Å². The first-order chi connectivity index (χ1) is 24.9. The SMILES string of the molecule is Cc1ccc(-c2[c-]cc(C)c(-c3ccccc3)c2)nc1.Cc1ccc2c(n1)oc1c(-c3cc(-c4cc5cccnc5cc4C)ccn3)[c-]ccc12.[Ir]. The Kier molecular flexibility index (Phi) is 9.86. The molecule has 0 saturated heterocycles. The van der Waals surface area contributed by atoms with Crippen molar-refractivity contribution in [1.82, 2.24) is 19.9 Å². The Morgan fingerprint density at radius 3 is 2.29 bits per heavy atom. The Hall–Kier alpha value is -5.81. The Morgan fingerprint density at radius 2 is 1.46 bits per heavy atom. The normalized spacial score (nSPS) is 10.9. The zero-order chi connectivity index (χ0) is 34.9. The van der Waals surface area contributed by atoms with E-state index in [0.717, 1.165) is 61.0 Å². The van der Waals surface area contributed by atoms with Crippen LogP contribution in [0.3, 0.4) is 0 Å². The molecule has 1 radical (unpaired) electrons. The summed E-state index contributed by atoms with van der Waals surface area (Å²) < 4.78 is 6.16. The maximum absolute atomic E-state index is 6.16. The number of furan rings is 1. The van der Waals surface area contributed by atoms with E-state index in [1.54, 1.807) is 0 Å². The van der Waals surface area contributed by atoms with E-state index in [0.29, 0.717) is 5.71 Å². The number of hydrogen-bond acceptors (Lipinski definition) is 5. The third-order valence-electron chi connectivity index (χ3n) is 9.14. The van der Waals surface area contributed by atoms with Crippen LogP contribution in [-0.2, 0) is 20.1 Å². The van der Waals surface area contributed by atoms with Crippen LogP contribution >= 0.6 is 0 Å². The van der Waals surface area contributed by atoms with Gasteiger partial charge in [0.1, 0.15) is 0 Å². The Bertz CT molecular complexity index is 2680. The number of hydrogen-bond donors (Lipinski definition) is 0. The number of rotatable bonds is 4. The molecule has 52 heavy (non-hydrogen) atoms. The Morgan fingerprint density at radius 1 is 0.615 bits per heavy atom. The van der Waals surface area contributed by atoms with Crippen LogP contribution in [-0.4, -0.2) is 19.9 Å². The number of aromatic nitrogens is 4. The molecule has 0 unspecified atom stereocenters. The molecule has 4 aromatic carbocycles. The molecule has 9 rings (SSSR count). The first-order valence-electron chi connectivity index (χ1n) is 16.9. The summed E-state index contributed by atoms with van der Waals surface area (Å²) in [6, 6.07) is 45.9. The summed E-state index contributed by atoms with van der Waals surface area (Å²) in [6.07, 6.45) is 5.56. The fourth-order valence-corrected chi connectivity index (χ4v) is 6.44. The number of pyridine rings is 4. The summed E-state index contributed by atoms with van der Waals surface area (Å²) in [6.45, 7) is 8.24. The zero-order valence-electron chi connectivity index (χ0n) is 29.2. The fraction of sp³-hybridized carbons (Fsp3) is 0.0870. The maximum atomic E-state index is 6.16. The van der Waals surface area contributed by atoms with Crippen LogP contribution in [0.2, 0.25) is 0 Å². The summed E-state index contributed by atoms with van der Waals surface area (Å²) in [5.74, 6) is 0. The fourth-order valence-electron chi connectivity index (χ4n) is 6.44. The Labute approximate surface area is 316 Å². The average molecular weight is 851 g/mol. The van der Waals surface area contributed by atoms with E-state index in [1.165, 1.54) is 33.4 Å². The number of benzene rings is 4. The molecule has 0 aliphatic rings. The number of fused-ring (bicyclic) bond motifs is 4. The van der Waals surface area contributed by atoms with Crippen LogP contribution in [0.5, 0.6) is 0 Å². The Balaban J connectivity index is 0.000000174. The average Bonchev–Trinajstić information content (AvgIpc) is 3.53. The van der Waals surface area contributed by atoms with Gasteiger partial charge in [-0.3, -0.25) is 4.98 Å². The van der Waals surface area contributed by atoms with Crippen LogP contribution in [0.4, 0.5) is 0 Å². The van der Waals surface area contributed by atoms with Gasteiger partial charge in [0, 0.05) is 55.2 Å². The molecule has 0 aliphatic carbocycles. The zero-order valence-corrected chi connectivity index (χ0v) is 31.6. The van der Waals surface area contributed by atoms with Crippen LogP contribution in [0, 0.1) is 39.8 Å². The van der Waals surface area contributed by atoms with Gasteiger partial charge in [0.25, 0.3) is 0 Å². The number of nitrogens with zero attached hydrogens (tertiary/aromatic N) is 4. The van der Waals surface area contributed by atoms with Crippen molar-refractivity contribution in [2.45, 2.75) is 27.7 Å². The van der Waals surface area contributed by atoms with Gasteiger partial charge in [-0.2, -0.15) is 0 Å². The quantitative estimate of drug-likeness (QED) is 0.165. The molecular weight excluding hydrogens is 817 g/mol. The maximum Gasteiger partial charge on any atom is 0.216 e. The van der Waals surface area contributed by atoms with Crippen molar-refractivity contribution >= 4 is 33.0 Å². The predicted molar refractivity (Wildman–Crippen MR) is 207 cm³/mol. The van der Waals surface area contributed by atoms with Crippen molar-refractivity contribution in [2.75, 3.05) is 0 Å². The van der Waals surface area contributed by atoms with Gasteiger partial charge in [-0.05, 0) is 96.4 Å². The summed E-state index contributed by atoms with van der Waals surface area (Å²) in [7, 11) is 0. The predicted octanol–water partition coefficient (Wildman–Crippen LogP) is 11.5. The molecule has 0 aliphatic heterocycles. The third kappa shape index (κ3) is 6.91. The minimum Gasteiger partial charge on any atom is -0.486 e. The molecule has 5 aromatic heterocycles. The van der Waals surface area contributed by atoms with Crippen molar-refractivity contribution in [1.29, 1.82) is 0 Å². The molecule has 9 aromatic rings. The van der Waals surface area contributed by atoms with Crippen molar-refractivity contribution in [2.24, 2.45) is 0 Å². The summed E-state index contributed by atoms with van der Waals surface area (Å²) in [5.41, 5.74) is 15.3. The van der Waals surface area contributed by atoms with E-state index in [-0.39, 0.29) is 20.1 Å². The molecule has 0 N–H and O–H groups in total. The molecule has 0 saturated carbocycles. The molecule has 0 atom stereocenters. The summed E-state index contributed by atoms with van der Waals surface area (Å²) in [4.78, 5) is 18.1. The van der Waals surface area contributed by atoms with Crippen LogP contribution in [0.1, 0.15) is 22.4 Å². The minimum atomic E-state index is 0. The topological polar surface area (TPSA) is 64.7 Å². The number of aryl methyl sites for hydroxylation is 4. The second-order valence-electron chi connectivity index (χ2n) is 12.8. The summed E-state index contributed by atoms with van der Waals surface area (Å²) >= 11 is 0. The van der Waals surface area contributed by atoms with Gasteiger partial charge in [-0.1, -0.05) is 78.0 Å².